The molecule has 0 spiro atoms. The molecule has 1 aliphatic rings. The quantitative estimate of drug-likeness (QED) is 0.790. The lowest BCUT2D eigenvalue weighted by atomic mass is 9.93. The van der Waals surface area contributed by atoms with Gasteiger partial charge in [0.05, 0.1) is 0 Å². The second-order valence-corrected chi connectivity index (χ2v) is 3.27. The van der Waals surface area contributed by atoms with Gasteiger partial charge in [-0.2, -0.15) is 0 Å². The van der Waals surface area contributed by atoms with Gasteiger partial charge in [-0.3, -0.25) is 0 Å². The summed E-state index contributed by atoms with van der Waals surface area (Å²) in [5.41, 5.74) is 6.32. The molecule has 14 heavy (non-hydrogen) atoms. The van der Waals surface area contributed by atoms with Crippen LogP contribution in [0.1, 0.15) is 23.4 Å². The van der Waals surface area contributed by atoms with E-state index in [2.05, 4.69) is 5.16 Å². The predicted molar refractivity (Wildman–Crippen MR) is 48.6 cm³/mol. The summed E-state index contributed by atoms with van der Waals surface area (Å²) in [6.45, 7) is 0.162. The van der Waals surface area contributed by atoms with Crippen LogP contribution in [0.25, 0.3) is 0 Å². The molecule has 0 atom stereocenters. The van der Waals surface area contributed by atoms with Crippen LogP contribution in [0.15, 0.2) is 4.52 Å². The summed E-state index contributed by atoms with van der Waals surface area (Å²) in [5.74, 6) is -2.05. The zero-order valence-electron chi connectivity index (χ0n) is 7.43. The van der Waals surface area contributed by atoms with E-state index in [9.17, 15) is 8.78 Å². The Morgan fingerprint density at radius 1 is 1.50 bits per heavy atom. The molecular formula is C8H11ClF2N2O. The third-order valence-electron chi connectivity index (χ3n) is 2.30. The molecule has 0 unspecified atom stereocenters. The fraction of sp³-hybridized carbons (Fsp3) is 0.625. The molecule has 0 aromatic carbocycles. The number of fused-ring (bicyclic) bond motifs is 1. The van der Waals surface area contributed by atoms with E-state index >= 15 is 0 Å². The molecule has 0 saturated heterocycles. The van der Waals surface area contributed by atoms with Crippen LogP contribution >= 0.6 is 12.4 Å². The first-order chi connectivity index (χ1) is 6.12. The summed E-state index contributed by atoms with van der Waals surface area (Å²) >= 11 is 0. The van der Waals surface area contributed by atoms with E-state index in [4.69, 9.17) is 10.3 Å². The molecular weight excluding hydrogens is 214 g/mol. The lowest BCUT2D eigenvalue weighted by Crippen LogP contribution is -2.26. The van der Waals surface area contributed by atoms with Crippen LogP contribution in [0, 0.1) is 0 Å². The van der Waals surface area contributed by atoms with E-state index in [1.807, 2.05) is 0 Å². The van der Waals surface area contributed by atoms with Crippen molar-refractivity contribution in [3.63, 3.8) is 0 Å². The third-order valence-corrected chi connectivity index (χ3v) is 2.30. The van der Waals surface area contributed by atoms with Crippen LogP contribution in [0.2, 0.25) is 0 Å². The highest BCUT2D eigenvalue weighted by molar-refractivity contribution is 5.85. The van der Waals surface area contributed by atoms with Crippen molar-refractivity contribution in [3.8, 4) is 0 Å². The summed E-state index contributed by atoms with van der Waals surface area (Å²) in [4.78, 5) is 0. The minimum atomic E-state index is -2.62. The van der Waals surface area contributed by atoms with Crippen molar-refractivity contribution >= 4 is 12.4 Å². The molecule has 0 radical (unpaired) electrons. The Labute approximate surface area is 86.0 Å². The molecule has 0 amide bonds. The highest BCUT2D eigenvalue weighted by atomic mass is 35.5. The number of hydrogen-bond donors (Lipinski definition) is 1. The van der Waals surface area contributed by atoms with Crippen LogP contribution in [0.4, 0.5) is 8.78 Å². The Kier molecular flexibility index (Phi) is 3.11. The fourth-order valence-corrected chi connectivity index (χ4v) is 1.58. The van der Waals surface area contributed by atoms with E-state index in [1.165, 1.54) is 0 Å². The molecule has 1 heterocycles. The number of halogens is 3. The van der Waals surface area contributed by atoms with Crippen molar-refractivity contribution in [2.45, 2.75) is 31.7 Å². The average molecular weight is 225 g/mol. The zero-order valence-corrected chi connectivity index (χ0v) is 8.24. The second kappa shape index (κ2) is 3.82. The molecule has 2 N–H and O–H groups in total. The second-order valence-electron chi connectivity index (χ2n) is 3.27. The fourth-order valence-electron chi connectivity index (χ4n) is 1.58. The number of nitrogens with zero attached hydrogens (tertiary/aromatic N) is 1. The molecule has 0 saturated carbocycles. The van der Waals surface area contributed by atoms with Crippen LogP contribution in [0.5, 0.6) is 0 Å². The SMILES string of the molecule is Cl.NCc1noc2c1CC(F)(F)CC2. The Bertz CT molecular complexity index is 314. The van der Waals surface area contributed by atoms with Crippen molar-refractivity contribution < 1.29 is 13.3 Å². The van der Waals surface area contributed by atoms with Gasteiger partial charge >= 0.3 is 0 Å². The first-order valence-electron chi connectivity index (χ1n) is 4.16. The van der Waals surface area contributed by atoms with Crippen molar-refractivity contribution in [2.24, 2.45) is 5.73 Å². The average Bonchev–Trinajstić information content (AvgIpc) is 2.44. The van der Waals surface area contributed by atoms with Gasteiger partial charge in [0.25, 0.3) is 5.92 Å². The number of rotatable bonds is 1. The van der Waals surface area contributed by atoms with Gasteiger partial charge in [0.2, 0.25) is 0 Å². The standard InChI is InChI=1S/C8H10F2N2O.ClH/c9-8(10)2-1-7-5(3-8)6(4-11)12-13-7;/h1-4,11H2;1H. The number of nitrogens with two attached hydrogens (primary N) is 1. The van der Waals surface area contributed by atoms with Gasteiger partial charge in [-0.1, -0.05) is 5.16 Å². The van der Waals surface area contributed by atoms with Gasteiger partial charge < -0.3 is 10.3 Å². The molecule has 2 rings (SSSR count). The maximum absolute atomic E-state index is 13.0. The number of aromatic nitrogens is 1. The third kappa shape index (κ3) is 1.88. The van der Waals surface area contributed by atoms with Crippen molar-refractivity contribution in [1.29, 1.82) is 0 Å². The van der Waals surface area contributed by atoms with Gasteiger partial charge in [0, 0.05) is 31.4 Å². The highest BCUT2D eigenvalue weighted by Gasteiger charge is 2.37. The molecule has 80 valence electrons. The smallest absolute Gasteiger partial charge is 0.252 e. The van der Waals surface area contributed by atoms with Gasteiger partial charge in [-0.05, 0) is 0 Å². The summed E-state index contributed by atoms with van der Waals surface area (Å²) in [7, 11) is 0. The van der Waals surface area contributed by atoms with Crippen molar-refractivity contribution in [3.05, 3.63) is 17.0 Å². The minimum absolute atomic E-state index is 0. The maximum atomic E-state index is 13.0. The van der Waals surface area contributed by atoms with Gasteiger partial charge in [0.1, 0.15) is 11.5 Å². The van der Waals surface area contributed by atoms with E-state index in [-0.39, 0.29) is 38.2 Å². The largest absolute Gasteiger partial charge is 0.361 e. The van der Waals surface area contributed by atoms with Crippen LogP contribution < -0.4 is 5.73 Å². The molecule has 1 aromatic heterocycles. The van der Waals surface area contributed by atoms with E-state index in [0.717, 1.165) is 0 Å². The molecule has 0 aliphatic heterocycles. The molecule has 0 fully saturated rings. The van der Waals surface area contributed by atoms with Gasteiger partial charge in [-0.25, -0.2) is 8.78 Å². The topological polar surface area (TPSA) is 52.0 Å². The Balaban J connectivity index is 0.000000980. The highest BCUT2D eigenvalue weighted by Crippen LogP contribution is 2.34. The summed E-state index contributed by atoms with van der Waals surface area (Å²) < 4.78 is 30.8. The molecule has 1 aromatic rings. The molecule has 3 nitrogen and oxygen atoms in total. The van der Waals surface area contributed by atoms with Crippen molar-refractivity contribution in [2.75, 3.05) is 0 Å². The van der Waals surface area contributed by atoms with E-state index in [1.54, 1.807) is 0 Å². The van der Waals surface area contributed by atoms with Crippen LogP contribution in [0.3, 0.4) is 0 Å². The Morgan fingerprint density at radius 3 is 2.86 bits per heavy atom. The lowest BCUT2D eigenvalue weighted by molar-refractivity contribution is -0.0147. The van der Waals surface area contributed by atoms with E-state index < -0.39 is 5.92 Å². The predicted octanol–water partition coefficient (Wildman–Crippen LogP) is 1.68. The normalized spacial score (nSPS) is 18.5. The van der Waals surface area contributed by atoms with Gasteiger partial charge in [-0.15, -0.1) is 12.4 Å². The number of hydrogen-bond acceptors (Lipinski definition) is 3. The maximum Gasteiger partial charge on any atom is 0.252 e. The first-order valence-corrected chi connectivity index (χ1v) is 4.16. The lowest BCUT2D eigenvalue weighted by Gasteiger charge is -2.20. The number of aryl methyl sites for hydroxylation is 1. The number of alkyl halides is 2. The summed E-state index contributed by atoms with van der Waals surface area (Å²) in [6, 6.07) is 0. The summed E-state index contributed by atoms with van der Waals surface area (Å²) in [5, 5.41) is 3.65. The molecule has 1 aliphatic carbocycles. The minimum Gasteiger partial charge on any atom is -0.361 e. The monoisotopic (exact) mass is 224 g/mol. The zero-order chi connectivity index (χ0) is 9.47. The molecule has 6 heteroatoms. The van der Waals surface area contributed by atoms with E-state index in [0.29, 0.717) is 17.0 Å². The van der Waals surface area contributed by atoms with Gasteiger partial charge in [0.15, 0.2) is 0 Å². The summed E-state index contributed by atoms with van der Waals surface area (Å²) in [6.07, 6.45) is -0.174. The first kappa shape index (κ1) is 11.4. The van der Waals surface area contributed by atoms with Crippen LogP contribution in [-0.4, -0.2) is 11.1 Å². The molecule has 0 bridgehead atoms. The Hall–Kier alpha value is -0.680. The van der Waals surface area contributed by atoms with Crippen LogP contribution in [-0.2, 0) is 19.4 Å². The van der Waals surface area contributed by atoms with Crippen molar-refractivity contribution in [1.82, 2.24) is 5.16 Å². The Morgan fingerprint density at radius 2 is 2.21 bits per heavy atom.